The summed E-state index contributed by atoms with van der Waals surface area (Å²) in [7, 11) is -3.26. The Kier molecular flexibility index (Phi) is 6.74. The number of nitrogens with one attached hydrogen (secondary N) is 2. The first kappa shape index (κ1) is 22.5. The summed E-state index contributed by atoms with van der Waals surface area (Å²) in [5, 5.41) is 5.15. The molecule has 2 aromatic carbocycles. The molecule has 3 aromatic rings. The number of anilines is 2. The minimum atomic E-state index is -3.26. The van der Waals surface area contributed by atoms with Gasteiger partial charge in [0.2, 0.25) is 10.0 Å². The molecular weight excluding hydrogens is 442 g/mol. The fraction of sp³-hybridized carbons (Fsp3) is 0.261. The molecule has 33 heavy (non-hydrogen) atoms. The molecule has 1 saturated heterocycles. The lowest BCUT2D eigenvalue weighted by atomic mass is 10.2. The Hall–Kier alpha value is -3.66. The predicted octanol–water partition coefficient (Wildman–Crippen LogP) is 2.23. The zero-order valence-corrected chi connectivity index (χ0v) is 18.8. The lowest BCUT2D eigenvalue weighted by Crippen LogP contribution is -2.36. The Labute approximate surface area is 192 Å². The van der Waals surface area contributed by atoms with E-state index in [0.29, 0.717) is 43.9 Å². The third kappa shape index (κ3) is 5.40. The molecule has 0 bridgehead atoms. The maximum absolute atomic E-state index is 12.2. The lowest BCUT2D eigenvalue weighted by molar-refractivity contribution is -0.136. The van der Waals surface area contributed by atoms with Gasteiger partial charge in [-0.05, 0) is 37.1 Å². The van der Waals surface area contributed by atoms with Gasteiger partial charge in [0, 0.05) is 43.3 Å². The molecule has 2 amide bonds. The van der Waals surface area contributed by atoms with Crippen molar-refractivity contribution in [1.29, 1.82) is 0 Å². The molecular formula is C23H25N5O4S. The highest BCUT2D eigenvalue weighted by Crippen LogP contribution is 2.25. The Balaban J connectivity index is 1.24. The van der Waals surface area contributed by atoms with E-state index in [2.05, 4.69) is 15.6 Å². The topological polar surface area (TPSA) is 113 Å². The second kappa shape index (κ2) is 9.86. The highest BCUT2D eigenvalue weighted by atomic mass is 32.2. The number of carbonyl (C=O) groups excluding carboxylic acids is 2. The van der Waals surface area contributed by atoms with Crippen molar-refractivity contribution in [3.63, 3.8) is 0 Å². The number of imidazole rings is 1. The molecule has 172 valence electrons. The molecule has 2 heterocycles. The maximum atomic E-state index is 12.2. The fourth-order valence-electron chi connectivity index (χ4n) is 3.70. The van der Waals surface area contributed by atoms with Crippen molar-refractivity contribution < 1.29 is 18.0 Å². The molecule has 4 rings (SSSR count). The van der Waals surface area contributed by atoms with Crippen LogP contribution in [0.5, 0.6) is 0 Å². The van der Waals surface area contributed by atoms with Crippen LogP contribution < -0.4 is 14.9 Å². The smallest absolute Gasteiger partial charge is 0.313 e. The van der Waals surface area contributed by atoms with Gasteiger partial charge >= 0.3 is 11.8 Å². The van der Waals surface area contributed by atoms with E-state index in [0.717, 1.165) is 11.4 Å². The Morgan fingerprint density at radius 3 is 2.45 bits per heavy atom. The number of hydrogen-bond acceptors (Lipinski definition) is 5. The Morgan fingerprint density at radius 2 is 1.76 bits per heavy atom. The number of benzene rings is 2. The van der Waals surface area contributed by atoms with Crippen molar-refractivity contribution in [3.05, 3.63) is 67.0 Å². The van der Waals surface area contributed by atoms with Gasteiger partial charge in [-0.1, -0.05) is 30.3 Å². The van der Waals surface area contributed by atoms with Crippen LogP contribution in [0.4, 0.5) is 11.4 Å². The van der Waals surface area contributed by atoms with Gasteiger partial charge in [-0.25, -0.2) is 13.4 Å². The van der Waals surface area contributed by atoms with Crippen molar-refractivity contribution in [1.82, 2.24) is 14.9 Å². The molecule has 1 aromatic heterocycles. The van der Waals surface area contributed by atoms with Gasteiger partial charge in [-0.3, -0.25) is 13.9 Å². The molecule has 1 aliphatic heterocycles. The summed E-state index contributed by atoms with van der Waals surface area (Å²) in [6, 6.07) is 16.2. The second-order valence-electron chi connectivity index (χ2n) is 7.66. The van der Waals surface area contributed by atoms with Crippen LogP contribution in [-0.4, -0.2) is 48.6 Å². The first-order valence-corrected chi connectivity index (χ1v) is 12.3. The molecule has 0 aliphatic carbocycles. The minimum Gasteiger partial charge on any atom is -0.348 e. The highest BCUT2D eigenvalue weighted by molar-refractivity contribution is 7.93. The summed E-state index contributed by atoms with van der Waals surface area (Å²) in [4.78, 5) is 28.7. The number of amides is 2. The molecule has 1 fully saturated rings. The average molecular weight is 468 g/mol. The number of carbonyl (C=O) groups is 2. The Morgan fingerprint density at radius 1 is 1.00 bits per heavy atom. The van der Waals surface area contributed by atoms with Gasteiger partial charge in [0.05, 0.1) is 11.4 Å². The van der Waals surface area contributed by atoms with E-state index in [4.69, 9.17) is 0 Å². The van der Waals surface area contributed by atoms with Gasteiger partial charge in [0.15, 0.2) is 0 Å². The van der Waals surface area contributed by atoms with E-state index in [1.807, 2.05) is 41.1 Å². The van der Waals surface area contributed by atoms with Crippen molar-refractivity contribution in [2.75, 3.05) is 28.5 Å². The minimum absolute atomic E-state index is 0.139. The fourth-order valence-corrected chi connectivity index (χ4v) is 5.26. The largest absolute Gasteiger partial charge is 0.348 e. The van der Waals surface area contributed by atoms with Gasteiger partial charge in [-0.15, -0.1) is 0 Å². The van der Waals surface area contributed by atoms with Crippen LogP contribution in [0.25, 0.3) is 11.4 Å². The van der Waals surface area contributed by atoms with Gasteiger partial charge in [0.1, 0.15) is 5.82 Å². The van der Waals surface area contributed by atoms with Gasteiger partial charge in [0.25, 0.3) is 0 Å². The highest BCUT2D eigenvalue weighted by Gasteiger charge is 2.28. The average Bonchev–Trinajstić information content (AvgIpc) is 3.43. The number of rotatable bonds is 7. The summed E-state index contributed by atoms with van der Waals surface area (Å²) in [6.45, 7) is 1.43. The van der Waals surface area contributed by atoms with Crippen LogP contribution in [-0.2, 0) is 26.2 Å². The molecule has 0 spiro atoms. The summed E-state index contributed by atoms with van der Waals surface area (Å²) >= 11 is 0. The lowest BCUT2D eigenvalue weighted by Gasteiger charge is -2.17. The van der Waals surface area contributed by atoms with E-state index < -0.39 is 21.8 Å². The normalized spacial score (nSPS) is 14.7. The van der Waals surface area contributed by atoms with Crippen LogP contribution >= 0.6 is 0 Å². The SMILES string of the molecule is O=C(NCCCn1ccnc1-c1ccccc1)C(=O)Nc1ccc(N2CCCS2(=O)=O)cc1. The van der Waals surface area contributed by atoms with Gasteiger partial charge in [-0.2, -0.15) is 0 Å². The predicted molar refractivity (Wildman–Crippen MR) is 126 cm³/mol. The first-order valence-electron chi connectivity index (χ1n) is 10.7. The maximum Gasteiger partial charge on any atom is 0.313 e. The zero-order valence-electron chi connectivity index (χ0n) is 18.0. The number of hydrogen-bond donors (Lipinski definition) is 2. The zero-order chi connectivity index (χ0) is 23.3. The number of nitrogens with zero attached hydrogens (tertiary/aromatic N) is 3. The van der Waals surface area contributed by atoms with Crippen molar-refractivity contribution in [2.24, 2.45) is 0 Å². The molecule has 0 unspecified atom stereocenters. The third-order valence-electron chi connectivity index (χ3n) is 5.33. The van der Waals surface area contributed by atoms with Gasteiger partial charge < -0.3 is 15.2 Å². The van der Waals surface area contributed by atoms with E-state index >= 15 is 0 Å². The summed E-state index contributed by atoms with van der Waals surface area (Å²) < 4.78 is 27.4. The summed E-state index contributed by atoms with van der Waals surface area (Å²) in [6.07, 6.45) is 4.84. The first-order chi connectivity index (χ1) is 15.9. The van der Waals surface area contributed by atoms with Crippen LogP contribution in [0, 0.1) is 0 Å². The van der Waals surface area contributed by atoms with E-state index in [9.17, 15) is 18.0 Å². The molecule has 1 aliphatic rings. The van der Waals surface area contributed by atoms with Crippen molar-refractivity contribution >= 4 is 33.2 Å². The van der Waals surface area contributed by atoms with Crippen LogP contribution in [0.1, 0.15) is 12.8 Å². The van der Waals surface area contributed by atoms with Crippen LogP contribution in [0.2, 0.25) is 0 Å². The number of sulfonamides is 1. The summed E-state index contributed by atoms with van der Waals surface area (Å²) in [5.74, 6) is -0.510. The molecule has 0 radical (unpaired) electrons. The standard InChI is InChI=1S/C23H25N5O4S/c29-22(25-12-4-14-27-16-13-24-21(27)18-6-2-1-3-7-18)23(30)26-19-8-10-20(11-9-19)28-15-5-17-33(28,31)32/h1-3,6-11,13,16H,4-5,12,14-15,17H2,(H,25,29)(H,26,30). The third-order valence-corrected chi connectivity index (χ3v) is 7.20. The summed E-state index contributed by atoms with van der Waals surface area (Å²) in [5.41, 5.74) is 1.98. The van der Waals surface area contributed by atoms with Crippen molar-refractivity contribution in [2.45, 2.75) is 19.4 Å². The van der Waals surface area contributed by atoms with Crippen molar-refractivity contribution in [3.8, 4) is 11.4 Å². The van der Waals surface area contributed by atoms with E-state index in [-0.39, 0.29) is 5.75 Å². The number of aromatic nitrogens is 2. The molecule has 0 saturated carbocycles. The van der Waals surface area contributed by atoms with E-state index in [1.165, 1.54) is 4.31 Å². The molecule has 9 nitrogen and oxygen atoms in total. The molecule has 2 N–H and O–H groups in total. The molecule has 10 heteroatoms. The monoisotopic (exact) mass is 467 g/mol. The second-order valence-corrected chi connectivity index (χ2v) is 9.68. The van der Waals surface area contributed by atoms with Crippen LogP contribution in [0.3, 0.4) is 0 Å². The van der Waals surface area contributed by atoms with E-state index in [1.54, 1.807) is 30.5 Å². The number of aryl methyl sites for hydroxylation is 1. The van der Waals surface area contributed by atoms with Crippen LogP contribution in [0.15, 0.2) is 67.0 Å². The molecule has 0 atom stereocenters. The quantitative estimate of drug-likeness (QED) is 0.409. The Bertz CT molecular complexity index is 1220.